The Morgan fingerprint density at radius 3 is 2.66 bits per heavy atom. The largest absolute Gasteiger partial charge is 0.493 e. The van der Waals surface area contributed by atoms with Crippen LogP contribution in [-0.4, -0.2) is 66.5 Å². The number of hydrogen-bond donors (Lipinski definition) is 1. The van der Waals surface area contributed by atoms with Crippen molar-refractivity contribution in [3.8, 4) is 11.5 Å². The van der Waals surface area contributed by atoms with Gasteiger partial charge in [0.15, 0.2) is 17.2 Å². The number of aryl methyl sites for hydroxylation is 1. The third-order valence-corrected chi connectivity index (χ3v) is 7.37. The van der Waals surface area contributed by atoms with Crippen LogP contribution < -0.4 is 14.8 Å². The number of ether oxygens (including phenoxy) is 2. The number of rotatable bonds is 9. The van der Waals surface area contributed by atoms with Crippen LogP contribution in [-0.2, 0) is 16.6 Å². The summed E-state index contributed by atoms with van der Waals surface area (Å²) in [7, 11) is -0.720. The van der Waals surface area contributed by atoms with Gasteiger partial charge in [-0.1, -0.05) is 11.6 Å². The number of piperidine rings is 1. The lowest BCUT2D eigenvalue weighted by Gasteiger charge is -2.34. The summed E-state index contributed by atoms with van der Waals surface area (Å²) in [6.45, 7) is 4.67. The Hall–Kier alpha value is -2.66. The molecular weight excluding hydrogens is 434 g/mol. The molecule has 1 aliphatic heterocycles. The van der Waals surface area contributed by atoms with Gasteiger partial charge in [0.1, 0.15) is 0 Å². The maximum Gasteiger partial charge on any atom is 0.273 e. The minimum absolute atomic E-state index is 0.00484. The van der Waals surface area contributed by atoms with Crippen molar-refractivity contribution in [2.24, 2.45) is 0 Å². The van der Waals surface area contributed by atoms with Gasteiger partial charge in [-0.25, -0.2) is 8.42 Å². The van der Waals surface area contributed by atoms with Gasteiger partial charge in [0.2, 0.25) is 10.0 Å². The van der Waals surface area contributed by atoms with E-state index in [9.17, 15) is 13.2 Å². The molecule has 32 heavy (non-hydrogen) atoms. The van der Waals surface area contributed by atoms with Crippen LogP contribution in [0.5, 0.6) is 11.5 Å². The molecule has 3 rings (SSSR count). The van der Waals surface area contributed by atoms with E-state index in [-0.39, 0.29) is 28.6 Å². The average molecular weight is 466 g/mol. The second-order valence-electron chi connectivity index (χ2n) is 8.07. The van der Waals surface area contributed by atoms with Crippen molar-refractivity contribution in [1.29, 1.82) is 0 Å². The third kappa shape index (κ3) is 5.39. The Bertz CT molecular complexity index is 1040. The van der Waals surface area contributed by atoms with Crippen LogP contribution in [0.25, 0.3) is 0 Å². The molecule has 0 aliphatic carbocycles. The van der Waals surface area contributed by atoms with Gasteiger partial charge < -0.3 is 14.8 Å². The van der Waals surface area contributed by atoms with E-state index in [0.29, 0.717) is 31.0 Å². The average Bonchev–Trinajstić information content (AvgIpc) is 3.26. The van der Waals surface area contributed by atoms with Crippen molar-refractivity contribution >= 4 is 15.9 Å². The molecule has 11 heteroatoms. The topological polar surface area (TPSA) is 116 Å². The predicted molar refractivity (Wildman–Crippen MR) is 118 cm³/mol. The third-order valence-electron chi connectivity index (χ3n) is 5.42. The zero-order valence-electron chi connectivity index (χ0n) is 18.9. The minimum Gasteiger partial charge on any atom is -0.493 e. The van der Waals surface area contributed by atoms with Gasteiger partial charge in [0.25, 0.3) is 5.91 Å². The first kappa shape index (κ1) is 24.0. The predicted octanol–water partition coefficient (Wildman–Crippen LogP) is 2.07. The fraction of sp³-hybridized carbons (Fsp3) is 0.571. The highest BCUT2D eigenvalue weighted by atomic mass is 32.2. The van der Waals surface area contributed by atoms with E-state index < -0.39 is 10.0 Å². The molecule has 0 radical (unpaired) electrons. The first-order valence-electron chi connectivity index (χ1n) is 10.7. The summed E-state index contributed by atoms with van der Waals surface area (Å²) >= 11 is 0. The van der Waals surface area contributed by atoms with Crippen LogP contribution >= 0.6 is 0 Å². The number of hydrogen-bond acceptors (Lipinski definition) is 7. The van der Waals surface area contributed by atoms with Gasteiger partial charge in [-0.3, -0.25) is 9.48 Å². The second-order valence-corrected chi connectivity index (χ2v) is 9.96. The van der Waals surface area contributed by atoms with E-state index >= 15 is 0 Å². The highest BCUT2D eigenvalue weighted by molar-refractivity contribution is 7.89. The summed E-state index contributed by atoms with van der Waals surface area (Å²) in [5.74, 6) is 0.573. The molecule has 176 valence electrons. The number of aromatic nitrogens is 3. The minimum atomic E-state index is -3.71. The van der Waals surface area contributed by atoms with Crippen LogP contribution in [0.1, 0.15) is 50.0 Å². The molecule has 1 aromatic carbocycles. The molecule has 0 unspecified atom stereocenters. The summed E-state index contributed by atoms with van der Waals surface area (Å²) in [5, 5.41) is 10.7. The maximum absolute atomic E-state index is 13.4. The number of nitrogens with zero attached hydrogens (tertiary/aromatic N) is 4. The summed E-state index contributed by atoms with van der Waals surface area (Å²) in [6, 6.07) is 4.48. The highest BCUT2D eigenvalue weighted by Gasteiger charge is 2.34. The van der Waals surface area contributed by atoms with E-state index in [1.54, 1.807) is 27.3 Å². The normalized spacial score (nSPS) is 17.3. The Labute approximate surface area is 188 Å². The first-order chi connectivity index (χ1) is 15.3. The molecule has 1 aliphatic rings. The van der Waals surface area contributed by atoms with Crippen molar-refractivity contribution in [3.05, 3.63) is 30.1 Å². The van der Waals surface area contributed by atoms with Crippen molar-refractivity contribution in [2.45, 2.75) is 63.1 Å². The summed E-state index contributed by atoms with van der Waals surface area (Å²) < 4.78 is 40.5. The maximum atomic E-state index is 13.4. The van der Waals surface area contributed by atoms with E-state index in [4.69, 9.17) is 9.47 Å². The van der Waals surface area contributed by atoms with Crippen molar-refractivity contribution in [2.75, 3.05) is 20.8 Å². The highest BCUT2D eigenvalue weighted by Crippen LogP contribution is 2.33. The van der Waals surface area contributed by atoms with Crippen molar-refractivity contribution < 1.29 is 22.7 Å². The monoisotopic (exact) mass is 465 g/mol. The first-order valence-corrected chi connectivity index (χ1v) is 12.1. The molecule has 0 spiro atoms. The Kier molecular flexibility index (Phi) is 7.73. The van der Waals surface area contributed by atoms with Gasteiger partial charge >= 0.3 is 0 Å². The molecule has 10 nitrogen and oxygen atoms in total. The van der Waals surface area contributed by atoms with E-state index in [1.807, 2.05) is 13.8 Å². The number of carbonyl (C=O) groups excluding carboxylic acids is 1. The van der Waals surface area contributed by atoms with Gasteiger partial charge in [-0.15, -0.1) is 5.10 Å². The number of nitrogens with one attached hydrogen (secondary N) is 1. The van der Waals surface area contributed by atoms with Crippen molar-refractivity contribution in [3.63, 3.8) is 0 Å². The van der Waals surface area contributed by atoms with Crippen LogP contribution in [0.15, 0.2) is 29.3 Å². The molecule has 1 atom stereocenters. The lowest BCUT2D eigenvalue weighted by Crippen LogP contribution is -2.44. The molecule has 1 aromatic heterocycles. The van der Waals surface area contributed by atoms with E-state index in [1.165, 1.54) is 20.3 Å². The fourth-order valence-corrected chi connectivity index (χ4v) is 5.56. The quantitative estimate of drug-likeness (QED) is 0.603. The Morgan fingerprint density at radius 2 is 1.97 bits per heavy atom. The van der Waals surface area contributed by atoms with Crippen LogP contribution in [0.4, 0.5) is 0 Å². The van der Waals surface area contributed by atoms with Crippen LogP contribution in [0.3, 0.4) is 0 Å². The molecule has 1 fully saturated rings. The number of sulfonamides is 1. The zero-order chi connectivity index (χ0) is 23.3. The van der Waals surface area contributed by atoms with Crippen LogP contribution in [0, 0.1) is 0 Å². The van der Waals surface area contributed by atoms with Crippen molar-refractivity contribution in [1.82, 2.24) is 24.6 Å². The number of benzene rings is 1. The Balaban J connectivity index is 1.73. The van der Waals surface area contributed by atoms with Gasteiger partial charge in [-0.05, 0) is 45.2 Å². The smallest absolute Gasteiger partial charge is 0.273 e. The molecule has 0 saturated carbocycles. The van der Waals surface area contributed by atoms with Gasteiger partial charge in [0, 0.05) is 31.2 Å². The zero-order valence-corrected chi connectivity index (χ0v) is 19.8. The summed E-state index contributed by atoms with van der Waals surface area (Å²) in [5.41, 5.74) is 0.247. The molecule has 1 amide bonds. The molecule has 2 heterocycles. The second kappa shape index (κ2) is 10.3. The molecule has 1 saturated heterocycles. The molecule has 2 aromatic rings. The SMILES string of the molecule is COc1ccc(S(=O)(=O)N2CCCC[C@@H]2CCn2cc(C(=O)NC(C)C)nn2)cc1OC. The molecule has 0 bridgehead atoms. The molecular formula is C21H31N5O5S. The summed E-state index contributed by atoms with van der Waals surface area (Å²) in [6.07, 6.45) is 4.70. The van der Waals surface area contributed by atoms with Gasteiger partial charge in [-0.2, -0.15) is 4.31 Å². The van der Waals surface area contributed by atoms with Crippen LogP contribution in [0.2, 0.25) is 0 Å². The number of amides is 1. The summed E-state index contributed by atoms with van der Waals surface area (Å²) in [4.78, 5) is 12.3. The fourth-order valence-electron chi connectivity index (χ4n) is 3.82. The van der Waals surface area contributed by atoms with E-state index in [0.717, 1.165) is 19.3 Å². The van der Waals surface area contributed by atoms with Gasteiger partial charge in [0.05, 0.1) is 25.3 Å². The molecule has 1 N–H and O–H groups in total. The van der Waals surface area contributed by atoms with E-state index in [2.05, 4.69) is 15.6 Å². The lowest BCUT2D eigenvalue weighted by molar-refractivity contribution is 0.0938. The Morgan fingerprint density at radius 1 is 1.22 bits per heavy atom. The number of methoxy groups -OCH3 is 2. The number of carbonyl (C=O) groups is 1. The standard InChI is InChI=1S/C21H31N5O5S/c1-15(2)22-21(27)18-14-25(24-23-18)12-10-16-7-5-6-11-26(16)32(28,29)17-8-9-19(30-3)20(13-17)31-4/h8-9,13-16H,5-7,10-12H2,1-4H3,(H,22,27)/t16-/m1/s1. The lowest BCUT2D eigenvalue weighted by atomic mass is 10.0.